The van der Waals surface area contributed by atoms with Crippen molar-refractivity contribution in [3.05, 3.63) is 17.3 Å². The van der Waals surface area contributed by atoms with E-state index in [4.69, 9.17) is 16.7 Å². The van der Waals surface area contributed by atoms with Crippen LogP contribution < -0.4 is 5.32 Å². The third-order valence-corrected chi connectivity index (χ3v) is 2.21. The molecule has 0 fully saturated rings. The molecule has 0 aliphatic heterocycles. The number of nitrogens with zero attached hydrogens (tertiary/aromatic N) is 2. The molecule has 0 bridgehead atoms. The fraction of sp³-hybridized carbons (Fsp3) is 0.556. The molecule has 0 spiro atoms. The van der Waals surface area contributed by atoms with E-state index < -0.39 is 5.82 Å². The Labute approximate surface area is 92.5 Å². The van der Waals surface area contributed by atoms with Crippen molar-refractivity contribution in [2.24, 2.45) is 0 Å². The molecule has 2 N–H and O–H groups in total. The Morgan fingerprint density at radius 2 is 2.40 bits per heavy atom. The summed E-state index contributed by atoms with van der Waals surface area (Å²) in [6.45, 7) is 1.99. The van der Waals surface area contributed by atoms with Gasteiger partial charge in [0.1, 0.15) is 0 Å². The SMILES string of the molecule is CCC(CCO)Nc1nc(Cl)ncc1F. The minimum atomic E-state index is -0.546. The number of aromatic nitrogens is 2. The number of rotatable bonds is 5. The number of aliphatic hydroxyl groups is 1. The van der Waals surface area contributed by atoms with Crippen LogP contribution in [-0.2, 0) is 0 Å². The molecule has 1 heterocycles. The van der Waals surface area contributed by atoms with Crippen molar-refractivity contribution >= 4 is 17.4 Å². The fourth-order valence-corrected chi connectivity index (χ4v) is 1.31. The van der Waals surface area contributed by atoms with E-state index in [9.17, 15) is 4.39 Å². The summed E-state index contributed by atoms with van der Waals surface area (Å²) in [4.78, 5) is 7.24. The summed E-state index contributed by atoms with van der Waals surface area (Å²) in [5, 5.41) is 11.6. The molecule has 0 saturated heterocycles. The molecule has 0 saturated carbocycles. The Kier molecular flexibility index (Phi) is 4.71. The molecule has 84 valence electrons. The molecule has 0 aromatic carbocycles. The number of nitrogens with one attached hydrogen (secondary N) is 1. The highest BCUT2D eigenvalue weighted by atomic mass is 35.5. The van der Waals surface area contributed by atoms with Crippen LogP contribution in [0.4, 0.5) is 10.2 Å². The third-order valence-electron chi connectivity index (χ3n) is 2.03. The minimum absolute atomic E-state index is 0.00208. The maximum atomic E-state index is 13.2. The van der Waals surface area contributed by atoms with Crippen LogP contribution in [0.25, 0.3) is 0 Å². The van der Waals surface area contributed by atoms with Crippen LogP contribution in [0, 0.1) is 5.82 Å². The van der Waals surface area contributed by atoms with Gasteiger partial charge in [-0.1, -0.05) is 6.92 Å². The third kappa shape index (κ3) is 3.60. The molecular formula is C9H13ClFN3O. The summed E-state index contributed by atoms with van der Waals surface area (Å²) in [6, 6.07) is -0.0181. The van der Waals surface area contributed by atoms with E-state index in [0.717, 1.165) is 12.6 Å². The largest absolute Gasteiger partial charge is 0.396 e. The van der Waals surface area contributed by atoms with Crippen LogP contribution in [0.15, 0.2) is 6.20 Å². The molecule has 1 aromatic heterocycles. The minimum Gasteiger partial charge on any atom is -0.396 e. The number of aliphatic hydroxyl groups excluding tert-OH is 1. The van der Waals surface area contributed by atoms with E-state index in [1.54, 1.807) is 0 Å². The van der Waals surface area contributed by atoms with E-state index in [1.165, 1.54) is 0 Å². The molecule has 0 aliphatic carbocycles. The summed E-state index contributed by atoms with van der Waals surface area (Å²) in [7, 11) is 0. The molecule has 4 nitrogen and oxygen atoms in total. The monoisotopic (exact) mass is 233 g/mol. The summed E-state index contributed by atoms with van der Waals surface area (Å²) < 4.78 is 13.2. The van der Waals surface area contributed by atoms with E-state index in [1.807, 2.05) is 6.92 Å². The average molecular weight is 234 g/mol. The molecule has 1 rings (SSSR count). The van der Waals surface area contributed by atoms with Crippen LogP contribution in [-0.4, -0.2) is 27.7 Å². The first-order valence-corrected chi connectivity index (χ1v) is 5.10. The standard InChI is InChI=1S/C9H13ClFN3O/c1-2-6(3-4-15)13-8-7(11)5-12-9(10)14-8/h5-6,15H,2-4H2,1H3,(H,12,13,14). The lowest BCUT2D eigenvalue weighted by atomic mass is 10.1. The molecule has 1 unspecified atom stereocenters. The summed E-state index contributed by atoms with van der Waals surface area (Å²) in [6.07, 6.45) is 2.32. The lowest BCUT2D eigenvalue weighted by molar-refractivity contribution is 0.278. The number of anilines is 1. The van der Waals surface area contributed by atoms with Gasteiger partial charge in [0, 0.05) is 12.6 Å². The molecule has 0 aliphatic rings. The molecule has 0 amide bonds. The second kappa shape index (κ2) is 5.82. The fourth-order valence-electron chi connectivity index (χ4n) is 1.17. The van der Waals surface area contributed by atoms with Gasteiger partial charge in [0.2, 0.25) is 5.28 Å². The Morgan fingerprint density at radius 3 is 3.00 bits per heavy atom. The summed E-state index contributed by atoms with van der Waals surface area (Å²) in [5.74, 6) is -0.467. The predicted octanol–water partition coefficient (Wildman–Crippen LogP) is 1.84. The summed E-state index contributed by atoms with van der Waals surface area (Å²) >= 11 is 5.54. The molecule has 1 atom stereocenters. The average Bonchev–Trinajstić information content (AvgIpc) is 2.22. The van der Waals surface area contributed by atoms with Crippen molar-refractivity contribution in [1.82, 2.24) is 9.97 Å². The van der Waals surface area contributed by atoms with Crippen LogP contribution in [0.1, 0.15) is 19.8 Å². The van der Waals surface area contributed by atoms with Crippen LogP contribution in [0.3, 0.4) is 0 Å². The Morgan fingerprint density at radius 1 is 1.67 bits per heavy atom. The molecule has 15 heavy (non-hydrogen) atoms. The first kappa shape index (κ1) is 12.1. The zero-order valence-electron chi connectivity index (χ0n) is 8.37. The van der Waals surface area contributed by atoms with Gasteiger partial charge in [0.05, 0.1) is 6.20 Å². The van der Waals surface area contributed by atoms with Gasteiger partial charge in [-0.15, -0.1) is 0 Å². The lowest BCUT2D eigenvalue weighted by Gasteiger charge is -2.16. The van der Waals surface area contributed by atoms with Gasteiger partial charge in [-0.3, -0.25) is 0 Å². The van der Waals surface area contributed by atoms with Crippen molar-refractivity contribution in [2.45, 2.75) is 25.8 Å². The molecule has 0 radical (unpaired) electrons. The topological polar surface area (TPSA) is 58.0 Å². The van der Waals surface area contributed by atoms with Gasteiger partial charge in [-0.25, -0.2) is 9.37 Å². The van der Waals surface area contributed by atoms with Crippen molar-refractivity contribution < 1.29 is 9.50 Å². The molecular weight excluding hydrogens is 221 g/mol. The van der Waals surface area contributed by atoms with E-state index in [-0.39, 0.29) is 23.8 Å². The van der Waals surface area contributed by atoms with Crippen molar-refractivity contribution in [1.29, 1.82) is 0 Å². The van der Waals surface area contributed by atoms with E-state index >= 15 is 0 Å². The van der Waals surface area contributed by atoms with Gasteiger partial charge in [-0.05, 0) is 24.4 Å². The zero-order chi connectivity index (χ0) is 11.3. The first-order chi connectivity index (χ1) is 7.17. The van der Waals surface area contributed by atoms with Gasteiger partial charge in [0.15, 0.2) is 11.6 Å². The van der Waals surface area contributed by atoms with E-state index in [0.29, 0.717) is 6.42 Å². The number of hydrogen-bond donors (Lipinski definition) is 2. The zero-order valence-corrected chi connectivity index (χ0v) is 9.13. The maximum absolute atomic E-state index is 13.2. The molecule has 1 aromatic rings. The van der Waals surface area contributed by atoms with Crippen molar-refractivity contribution in [3.8, 4) is 0 Å². The number of halogens is 2. The highest BCUT2D eigenvalue weighted by Crippen LogP contribution is 2.14. The molecule has 6 heteroatoms. The van der Waals surface area contributed by atoms with E-state index in [2.05, 4.69) is 15.3 Å². The van der Waals surface area contributed by atoms with Gasteiger partial charge in [0.25, 0.3) is 0 Å². The second-order valence-electron chi connectivity index (χ2n) is 3.10. The highest BCUT2D eigenvalue weighted by Gasteiger charge is 2.10. The van der Waals surface area contributed by atoms with Gasteiger partial charge in [-0.2, -0.15) is 4.98 Å². The van der Waals surface area contributed by atoms with Crippen LogP contribution in [0.5, 0.6) is 0 Å². The predicted molar refractivity (Wildman–Crippen MR) is 56.4 cm³/mol. The lowest BCUT2D eigenvalue weighted by Crippen LogP contribution is -2.21. The maximum Gasteiger partial charge on any atom is 0.224 e. The van der Waals surface area contributed by atoms with Crippen LogP contribution >= 0.6 is 11.6 Å². The Balaban J connectivity index is 2.73. The van der Waals surface area contributed by atoms with Gasteiger partial charge >= 0.3 is 0 Å². The van der Waals surface area contributed by atoms with Crippen LogP contribution in [0.2, 0.25) is 5.28 Å². The normalized spacial score (nSPS) is 12.5. The smallest absolute Gasteiger partial charge is 0.224 e. The highest BCUT2D eigenvalue weighted by molar-refractivity contribution is 6.28. The number of hydrogen-bond acceptors (Lipinski definition) is 4. The van der Waals surface area contributed by atoms with Crippen molar-refractivity contribution in [2.75, 3.05) is 11.9 Å². The van der Waals surface area contributed by atoms with Gasteiger partial charge < -0.3 is 10.4 Å². The van der Waals surface area contributed by atoms with Crippen molar-refractivity contribution in [3.63, 3.8) is 0 Å². The summed E-state index contributed by atoms with van der Waals surface area (Å²) in [5.41, 5.74) is 0. The second-order valence-corrected chi connectivity index (χ2v) is 3.44. The first-order valence-electron chi connectivity index (χ1n) is 4.72. The Hall–Kier alpha value is -0.940. The Bertz CT molecular complexity index is 324. The quantitative estimate of drug-likeness (QED) is 0.762.